The highest BCUT2D eigenvalue weighted by Crippen LogP contribution is 2.24. The van der Waals surface area contributed by atoms with Gasteiger partial charge in [0, 0.05) is 37.6 Å². The number of amides is 1. The summed E-state index contributed by atoms with van der Waals surface area (Å²) in [5.74, 6) is -1.46. The third-order valence-corrected chi connectivity index (χ3v) is 4.93. The maximum absolute atomic E-state index is 13.7. The van der Waals surface area contributed by atoms with Crippen LogP contribution < -0.4 is 10.2 Å². The first-order chi connectivity index (χ1) is 13.6. The molecule has 1 atom stereocenters. The lowest BCUT2D eigenvalue weighted by atomic mass is 9.96. The van der Waals surface area contributed by atoms with Gasteiger partial charge in [0.2, 0.25) is 5.91 Å². The van der Waals surface area contributed by atoms with Crippen LogP contribution in [0.5, 0.6) is 0 Å². The minimum atomic E-state index is -0.532. The van der Waals surface area contributed by atoms with E-state index in [1.165, 1.54) is 0 Å². The molecule has 8 heteroatoms. The Hall–Kier alpha value is -3.16. The molecule has 1 unspecified atom stereocenters. The highest BCUT2D eigenvalue weighted by molar-refractivity contribution is 5.80. The van der Waals surface area contributed by atoms with Gasteiger partial charge in [-0.05, 0) is 37.1 Å². The average molecular weight is 383 g/mol. The Morgan fingerprint density at radius 2 is 2.04 bits per heavy atom. The molecular weight excluding hydrogens is 364 g/mol. The molecule has 3 aromatic rings. The summed E-state index contributed by atoms with van der Waals surface area (Å²) in [6.07, 6.45) is 6.54. The van der Waals surface area contributed by atoms with E-state index in [-0.39, 0.29) is 23.9 Å². The van der Waals surface area contributed by atoms with E-state index in [9.17, 15) is 13.6 Å². The third-order valence-electron chi connectivity index (χ3n) is 4.93. The van der Waals surface area contributed by atoms with Crippen LogP contribution in [-0.4, -0.2) is 33.9 Å². The number of benzene rings is 1. The Labute approximate surface area is 160 Å². The molecule has 1 aliphatic rings. The van der Waals surface area contributed by atoms with Crippen molar-refractivity contribution in [3.05, 3.63) is 60.1 Å². The fourth-order valence-corrected chi connectivity index (χ4v) is 3.45. The van der Waals surface area contributed by atoms with E-state index < -0.39 is 11.6 Å². The maximum atomic E-state index is 13.7. The lowest BCUT2D eigenvalue weighted by molar-refractivity contribution is -0.125. The number of pyridine rings is 1. The molecule has 28 heavy (non-hydrogen) atoms. The van der Waals surface area contributed by atoms with Crippen molar-refractivity contribution in [2.75, 3.05) is 18.0 Å². The topological polar surface area (TPSA) is 71.0 Å². The smallest absolute Gasteiger partial charge is 0.225 e. The molecule has 3 heterocycles. The number of rotatable bonds is 4. The number of hydrogen-bond acceptors (Lipinski definition) is 5. The van der Waals surface area contributed by atoms with Crippen molar-refractivity contribution in [3.63, 3.8) is 0 Å². The van der Waals surface area contributed by atoms with E-state index in [0.717, 1.165) is 43.3 Å². The Bertz CT molecular complexity index is 1010. The zero-order valence-electron chi connectivity index (χ0n) is 15.1. The van der Waals surface area contributed by atoms with Crippen LogP contribution in [0.25, 0.3) is 11.2 Å². The molecule has 6 nitrogen and oxygen atoms in total. The van der Waals surface area contributed by atoms with Gasteiger partial charge >= 0.3 is 0 Å². The minimum absolute atomic E-state index is 0.0357. The Morgan fingerprint density at radius 1 is 1.18 bits per heavy atom. The second-order valence-electron chi connectivity index (χ2n) is 6.83. The largest absolute Gasteiger partial charge is 0.369 e. The van der Waals surface area contributed by atoms with Crippen molar-refractivity contribution >= 4 is 22.8 Å². The Morgan fingerprint density at radius 3 is 2.93 bits per heavy atom. The average Bonchev–Trinajstić information content (AvgIpc) is 2.74. The molecule has 0 radical (unpaired) electrons. The van der Waals surface area contributed by atoms with Crippen molar-refractivity contribution in [2.45, 2.75) is 19.4 Å². The fourth-order valence-electron chi connectivity index (χ4n) is 3.45. The summed E-state index contributed by atoms with van der Waals surface area (Å²) in [5.41, 5.74) is 2.31. The summed E-state index contributed by atoms with van der Waals surface area (Å²) in [6.45, 7) is 1.31. The molecule has 1 amide bonds. The summed E-state index contributed by atoms with van der Waals surface area (Å²) in [7, 11) is 0. The van der Waals surface area contributed by atoms with E-state index in [1.807, 2.05) is 6.07 Å². The van der Waals surface area contributed by atoms with Crippen molar-refractivity contribution in [1.82, 2.24) is 20.3 Å². The monoisotopic (exact) mass is 383 g/mol. The highest BCUT2D eigenvalue weighted by Gasteiger charge is 2.26. The summed E-state index contributed by atoms with van der Waals surface area (Å²) >= 11 is 0. The van der Waals surface area contributed by atoms with Gasteiger partial charge < -0.3 is 10.2 Å². The second-order valence-corrected chi connectivity index (χ2v) is 6.83. The number of carbonyl (C=O) groups excluding carboxylic acids is 1. The predicted octanol–water partition coefficient (Wildman–Crippen LogP) is 2.84. The number of hydrogen-bond donors (Lipinski definition) is 1. The zero-order valence-corrected chi connectivity index (χ0v) is 15.1. The van der Waals surface area contributed by atoms with Crippen LogP contribution in [0, 0.1) is 17.6 Å². The second kappa shape index (κ2) is 7.84. The lowest BCUT2D eigenvalue weighted by Crippen LogP contribution is -2.43. The number of aromatic nitrogens is 3. The SMILES string of the molecule is O=C(NCc1cc(F)ccc1F)C1CCCN(c2cnc3nccnc3c2)C1. The van der Waals surface area contributed by atoms with E-state index in [4.69, 9.17) is 0 Å². The minimum Gasteiger partial charge on any atom is -0.369 e. The quantitative estimate of drug-likeness (QED) is 0.750. The maximum Gasteiger partial charge on any atom is 0.225 e. The number of carbonyl (C=O) groups is 1. The van der Waals surface area contributed by atoms with Crippen LogP contribution in [0.1, 0.15) is 18.4 Å². The molecule has 1 N–H and O–H groups in total. The van der Waals surface area contributed by atoms with Gasteiger partial charge in [0.05, 0.1) is 17.8 Å². The van der Waals surface area contributed by atoms with Crippen molar-refractivity contribution in [1.29, 1.82) is 0 Å². The molecule has 1 aromatic carbocycles. The van der Waals surface area contributed by atoms with Crippen LogP contribution >= 0.6 is 0 Å². The summed E-state index contributed by atoms with van der Waals surface area (Å²) in [4.78, 5) is 27.4. The van der Waals surface area contributed by atoms with E-state index in [2.05, 4.69) is 25.2 Å². The molecule has 2 aromatic heterocycles. The van der Waals surface area contributed by atoms with Crippen LogP contribution in [0.15, 0.2) is 42.9 Å². The summed E-state index contributed by atoms with van der Waals surface area (Å²) in [6, 6.07) is 5.14. The van der Waals surface area contributed by atoms with Crippen LogP contribution in [0.3, 0.4) is 0 Å². The number of nitrogens with one attached hydrogen (secondary N) is 1. The number of piperidine rings is 1. The first-order valence-corrected chi connectivity index (χ1v) is 9.13. The summed E-state index contributed by atoms with van der Waals surface area (Å²) in [5, 5.41) is 2.73. The van der Waals surface area contributed by atoms with E-state index in [0.29, 0.717) is 17.7 Å². The van der Waals surface area contributed by atoms with Gasteiger partial charge in [-0.25, -0.2) is 18.7 Å². The molecule has 1 fully saturated rings. The first kappa shape index (κ1) is 18.2. The fraction of sp³-hybridized carbons (Fsp3) is 0.300. The van der Waals surface area contributed by atoms with Gasteiger partial charge in [-0.3, -0.25) is 9.78 Å². The van der Waals surface area contributed by atoms with Gasteiger partial charge in [-0.15, -0.1) is 0 Å². The van der Waals surface area contributed by atoms with E-state index >= 15 is 0 Å². The molecule has 144 valence electrons. The van der Waals surface area contributed by atoms with Crippen LogP contribution in [0.2, 0.25) is 0 Å². The Balaban J connectivity index is 1.42. The van der Waals surface area contributed by atoms with Gasteiger partial charge in [-0.2, -0.15) is 0 Å². The van der Waals surface area contributed by atoms with Gasteiger partial charge in [0.25, 0.3) is 0 Å². The van der Waals surface area contributed by atoms with Crippen molar-refractivity contribution in [2.24, 2.45) is 5.92 Å². The zero-order chi connectivity index (χ0) is 19.5. The molecule has 1 aliphatic heterocycles. The summed E-state index contributed by atoms with van der Waals surface area (Å²) < 4.78 is 27.0. The molecule has 0 saturated carbocycles. The standard InChI is InChI=1S/C20H19F2N5O/c21-15-3-4-17(22)14(8-15)10-26-20(28)13-2-1-7-27(12-13)16-9-18-19(25-11-16)24-6-5-23-18/h3-6,8-9,11,13H,1-2,7,10,12H2,(H,26,28). The van der Waals surface area contributed by atoms with E-state index in [1.54, 1.807) is 18.6 Å². The number of anilines is 1. The Kier molecular flexibility index (Phi) is 5.10. The number of halogens is 2. The third kappa shape index (κ3) is 3.90. The first-order valence-electron chi connectivity index (χ1n) is 9.13. The van der Waals surface area contributed by atoms with Crippen molar-refractivity contribution in [3.8, 4) is 0 Å². The van der Waals surface area contributed by atoms with Gasteiger partial charge in [0.1, 0.15) is 17.2 Å². The molecule has 4 rings (SSSR count). The normalized spacial score (nSPS) is 16.9. The van der Waals surface area contributed by atoms with Crippen LogP contribution in [-0.2, 0) is 11.3 Å². The van der Waals surface area contributed by atoms with Gasteiger partial charge in [0.15, 0.2) is 5.65 Å². The predicted molar refractivity (Wildman–Crippen MR) is 100 cm³/mol. The number of nitrogens with zero attached hydrogens (tertiary/aromatic N) is 4. The van der Waals surface area contributed by atoms with Crippen molar-refractivity contribution < 1.29 is 13.6 Å². The molecule has 0 aliphatic carbocycles. The molecule has 1 saturated heterocycles. The van der Waals surface area contributed by atoms with Crippen LogP contribution in [0.4, 0.5) is 14.5 Å². The van der Waals surface area contributed by atoms with Gasteiger partial charge in [-0.1, -0.05) is 0 Å². The highest BCUT2D eigenvalue weighted by atomic mass is 19.1. The molecule has 0 spiro atoms. The number of fused-ring (bicyclic) bond motifs is 1. The molecular formula is C20H19F2N5O. The molecule has 0 bridgehead atoms. The lowest BCUT2D eigenvalue weighted by Gasteiger charge is -2.33.